The van der Waals surface area contributed by atoms with Gasteiger partial charge in [-0.25, -0.2) is 0 Å². The van der Waals surface area contributed by atoms with Crippen LogP contribution >= 0.6 is 0 Å². The van der Waals surface area contributed by atoms with Crippen molar-refractivity contribution in [2.24, 2.45) is 0 Å². The van der Waals surface area contributed by atoms with E-state index in [-0.39, 0.29) is 0 Å². The van der Waals surface area contributed by atoms with E-state index in [0.717, 1.165) is 0 Å². The second-order valence-electron chi connectivity index (χ2n) is 7.82. The molecule has 0 bridgehead atoms. The molecule has 42 heavy (non-hydrogen) atoms. The number of ether oxygens (including phenoxy) is 2. The van der Waals surface area contributed by atoms with Gasteiger partial charge in [0, 0.05) is 0 Å². The Labute approximate surface area is 209 Å². The summed E-state index contributed by atoms with van der Waals surface area (Å²) in [6.07, 6.45) is -65.5. The molecule has 1 saturated carbocycles. The molecule has 252 valence electrons. The third-order valence-electron chi connectivity index (χ3n) is 5.22. The van der Waals surface area contributed by atoms with Gasteiger partial charge in [0.15, 0.2) is 12.2 Å². The molecule has 0 N–H and O–H groups in total. The van der Waals surface area contributed by atoms with E-state index in [9.17, 15) is 114 Å². The summed E-state index contributed by atoms with van der Waals surface area (Å²) >= 11 is 0. The van der Waals surface area contributed by atoms with Gasteiger partial charge in [0.2, 0.25) is 0 Å². The Morgan fingerprint density at radius 1 is 0.310 bits per heavy atom. The van der Waals surface area contributed by atoms with Crippen molar-refractivity contribution < 1.29 is 124 Å². The van der Waals surface area contributed by atoms with Gasteiger partial charge in [0.25, 0.3) is 0 Å². The highest BCUT2D eigenvalue weighted by atomic mass is 19.5. The van der Waals surface area contributed by atoms with Gasteiger partial charge in [0.05, 0.1) is 0 Å². The van der Waals surface area contributed by atoms with Gasteiger partial charge in [-0.2, -0.15) is 114 Å². The molecule has 0 heterocycles. The van der Waals surface area contributed by atoms with Gasteiger partial charge in [-0.3, -0.25) is 0 Å². The number of rotatable bonds is 4. The second kappa shape index (κ2) is 9.31. The van der Waals surface area contributed by atoms with Crippen LogP contribution in [-0.4, -0.2) is 84.2 Å². The fraction of sp³-hybridized carbons (Fsp3) is 1.00. The molecule has 1 fully saturated rings. The zero-order chi connectivity index (χ0) is 34.6. The fourth-order valence-corrected chi connectivity index (χ4v) is 3.17. The minimum absolute atomic E-state index is 1.60. The summed E-state index contributed by atoms with van der Waals surface area (Å²) < 4.78 is 349. The molecule has 2 nitrogen and oxygen atoms in total. The zero-order valence-electron chi connectivity index (χ0n) is 17.8. The van der Waals surface area contributed by atoms with Crippen molar-refractivity contribution in [2.75, 3.05) is 0 Å². The van der Waals surface area contributed by atoms with Crippen molar-refractivity contribution in [1.82, 2.24) is 0 Å². The highest BCUT2D eigenvalue weighted by molar-refractivity contribution is 5.20. The molecule has 0 spiro atoms. The lowest BCUT2D eigenvalue weighted by Gasteiger charge is -2.53. The molecular formula is C14H2F26O2. The summed E-state index contributed by atoms with van der Waals surface area (Å²) in [7, 11) is 0. The van der Waals surface area contributed by atoms with Crippen LogP contribution in [0.15, 0.2) is 0 Å². The third-order valence-corrected chi connectivity index (χ3v) is 5.22. The van der Waals surface area contributed by atoms with E-state index < -0.39 is 84.2 Å². The molecule has 0 aromatic carbocycles. The Balaban J connectivity index is 4.49. The summed E-state index contributed by atoms with van der Waals surface area (Å²) in [4.78, 5) is 0. The lowest BCUT2D eigenvalue weighted by atomic mass is 9.80. The molecule has 0 radical (unpaired) electrons. The Hall–Kier alpha value is -1.90. The quantitative estimate of drug-likeness (QED) is 0.277. The molecule has 1 aliphatic rings. The van der Waals surface area contributed by atoms with Crippen LogP contribution in [-0.2, 0) is 9.47 Å². The molecule has 0 aliphatic heterocycles. The van der Waals surface area contributed by atoms with E-state index in [2.05, 4.69) is 0 Å². The predicted molar refractivity (Wildman–Crippen MR) is 71.3 cm³/mol. The van der Waals surface area contributed by atoms with Crippen molar-refractivity contribution in [1.29, 1.82) is 0 Å². The highest BCUT2D eigenvalue weighted by Crippen LogP contribution is 2.66. The van der Waals surface area contributed by atoms with Crippen LogP contribution in [0.2, 0.25) is 0 Å². The highest BCUT2D eigenvalue weighted by Gasteiger charge is 2.96. The van der Waals surface area contributed by atoms with E-state index >= 15 is 0 Å². The van der Waals surface area contributed by atoms with Crippen LogP contribution in [0.25, 0.3) is 0 Å². The molecule has 1 aliphatic carbocycles. The minimum Gasteiger partial charge on any atom is -0.338 e. The van der Waals surface area contributed by atoms with Crippen LogP contribution in [0.4, 0.5) is 114 Å². The van der Waals surface area contributed by atoms with Crippen molar-refractivity contribution in [2.45, 2.75) is 84.2 Å². The van der Waals surface area contributed by atoms with Crippen molar-refractivity contribution >= 4 is 0 Å². The Morgan fingerprint density at radius 2 is 0.452 bits per heavy atom. The van der Waals surface area contributed by atoms with Crippen LogP contribution in [0, 0.1) is 0 Å². The fourth-order valence-electron chi connectivity index (χ4n) is 3.17. The molecule has 2 atom stereocenters. The van der Waals surface area contributed by atoms with Crippen molar-refractivity contribution in [3.05, 3.63) is 0 Å². The van der Waals surface area contributed by atoms with E-state index in [1.807, 2.05) is 0 Å². The topological polar surface area (TPSA) is 18.5 Å². The van der Waals surface area contributed by atoms with Gasteiger partial charge in [-0.1, -0.05) is 0 Å². The van der Waals surface area contributed by atoms with E-state index in [1.165, 1.54) is 0 Å². The average Bonchev–Trinajstić information content (AvgIpc) is 2.62. The molecular weight excluding hydrogens is 694 g/mol. The lowest BCUT2D eigenvalue weighted by Crippen LogP contribution is -2.82. The largest absolute Gasteiger partial charge is 0.435 e. The number of alkyl halides is 26. The summed E-state index contributed by atoms with van der Waals surface area (Å²) in [5, 5.41) is 0. The standard InChI is InChI=1S/C14H2F26O2/c15-3(16)1(41-5(9(23,24)25,10(26,27)28)11(29,30)31)2(4(17,18)8(21,22)7(3,19)20)42-6(12(32,33)34,13(35,36)37)14(38,39)40/h1-2H/t1-,2+. The van der Waals surface area contributed by atoms with E-state index in [0.29, 0.717) is 0 Å². The van der Waals surface area contributed by atoms with Crippen LogP contribution < -0.4 is 0 Å². The monoisotopic (exact) mass is 696 g/mol. The van der Waals surface area contributed by atoms with E-state index in [4.69, 9.17) is 0 Å². The summed E-state index contributed by atoms with van der Waals surface area (Å²) in [5.41, 5.74) is -17.4. The Kier molecular flexibility index (Phi) is 8.45. The van der Waals surface area contributed by atoms with Crippen LogP contribution in [0.1, 0.15) is 0 Å². The van der Waals surface area contributed by atoms with Gasteiger partial charge < -0.3 is 9.47 Å². The first-order valence-electron chi connectivity index (χ1n) is 8.95. The van der Waals surface area contributed by atoms with Crippen LogP contribution in [0.3, 0.4) is 0 Å². The lowest BCUT2D eigenvalue weighted by molar-refractivity contribution is -0.528. The second-order valence-corrected chi connectivity index (χ2v) is 7.82. The van der Waals surface area contributed by atoms with Gasteiger partial charge in [0.1, 0.15) is 0 Å². The number of hydrogen-bond acceptors (Lipinski definition) is 2. The Morgan fingerprint density at radius 3 is 0.571 bits per heavy atom. The first kappa shape index (κ1) is 38.1. The first-order valence-corrected chi connectivity index (χ1v) is 8.95. The zero-order valence-corrected chi connectivity index (χ0v) is 17.8. The maximum absolute atomic E-state index is 14.2. The number of hydrogen-bond donors (Lipinski definition) is 0. The molecule has 0 aromatic heterocycles. The molecule has 0 aromatic rings. The average molecular weight is 696 g/mol. The maximum Gasteiger partial charge on any atom is 0.435 e. The Bertz CT molecular complexity index is 831. The van der Waals surface area contributed by atoms with Gasteiger partial charge in [-0.15, -0.1) is 0 Å². The molecule has 0 saturated heterocycles. The molecule has 28 heteroatoms. The first-order chi connectivity index (χ1) is 17.7. The van der Waals surface area contributed by atoms with Crippen molar-refractivity contribution in [3.63, 3.8) is 0 Å². The normalized spacial score (nSPS) is 25.9. The third kappa shape index (κ3) is 4.75. The van der Waals surface area contributed by atoms with E-state index in [1.54, 1.807) is 9.47 Å². The summed E-state index contributed by atoms with van der Waals surface area (Å²) in [6, 6.07) is 0. The number of halogens is 26. The smallest absolute Gasteiger partial charge is 0.338 e. The summed E-state index contributed by atoms with van der Waals surface area (Å²) in [5.74, 6) is -33.5. The molecule has 1 rings (SSSR count). The maximum atomic E-state index is 14.2. The summed E-state index contributed by atoms with van der Waals surface area (Å²) in [6.45, 7) is 0. The minimum atomic E-state index is -8.68. The molecule has 0 unspecified atom stereocenters. The van der Waals surface area contributed by atoms with Crippen LogP contribution in [0.5, 0.6) is 0 Å². The SMILES string of the molecule is FC(F)(F)C(O[C@@H]1[C@H](OC(C(F)(F)F)(C(F)(F)F)C(F)(F)F)C(F)(F)C(F)(F)C(F)(F)C1(F)F)(C(F)(F)F)C(F)(F)F. The predicted octanol–water partition coefficient (Wildman–Crippen LogP) is 8.16. The van der Waals surface area contributed by atoms with Gasteiger partial charge >= 0.3 is 72.0 Å². The van der Waals surface area contributed by atoms with Crippen molar-refractivity contribution in [3.8, 4) is 0 Å². The molecule has 0 amide bonds. The van der Waals surface area contributed by atoms with Gasteiger partial charge in [-0.05, 0) is 0 Å².